The van der Waals surface area contributed by atoms with E-state index in [4.69, 9.17) is 4.74 Å². The third-order valence-electron chi connectivity index (χ3n) is 3.51. The van der Waals surface area contributed by atoms with E-state index in [2.05, 4.69) is 11.4 Å². The monoisotopic (exact) mass is 273 g/mol. The second kappa shape index (κ2) is 6.06. The summed E-state index contributed by atoms with van der Waals surface area (Å²) in [6, 6.07) is 10.7. The fourth-order valence-corrected chi connectivity index (χ4v) is 2.64. The highest BCUT2D eigenvalue weighted by Gasteiger charge is 2.21. The quantitative estimate of drug-likeness (QED) is 0.915. The molecule has 0 fully saturated rings. The van der Waals surface area contributed by atoms with Crippen LogP contribution in [0.4, 0.5) is 4.39 Å². The summed E-state index contributed by atoms with van der Waals surface area (Å²) in [6.45, 7) is 4.05. The second-order valence-electron chi connectivity index (χ2n) is 4.94. The van der Waals surface area contributed by atoms with Gasteiger partial charge in [0, 0.05) is 11.1 Å². The maximum Gasteiger partial charge on any atom is 0.128 e. The highest BCUT2D eigenvalue weighted by molar-refractivity contribution is 5.48. The first-order valence-electron chi connectivity index (χ1n) is 6.65. The lowest BCUT2D eigenvalue weighted by Crippen LogP contribution is -2.20. The smallest absolute Gasteiger partial charge is 0.128 e. The summed E-state index contributed by atoms with van der Waals surface area (Å²) in [5.41, 5.74) is 3.82. The number of nitrogens with one attached hydrogen (secondary N) is 1. The van der Waals surface area contributed by atoms with Crippen molar-refractivity contribution in [3.05, 3.63) is 64.5 Å². The van der Waals surface area contributed by atoms with Crippen LogP contribution in [0.2, 0.25) is 0 Å². The van der Waals surface area contributed by atoms with Crippen LogP contribution in [-0.2, 0) is 0 Å². The molecule has 0 aliphatic carbocycles. The molecule has 1 N–H and O–H groups in total. The van der Waals surface area contributed by atoms with Gasteiger partial charge in [0.05, 0.1) is 13.2 Å². The van der Waals surface area contributed by atoms with Crippen molar-refractivity contribution < 1.29 is 9.13 Å². The van der Waals surface area contributed by atoms with Gasteiger partial charge < -0.3 is 10.1 Å². The van der Waals surface area contributed by atoms with Gasteiger partial charge in [-0.05, 0) is 44.2 Å². The minimum absolute atomic E-state index is 0.214. The molecular weight excluding hydrogens is 253 g/mol. The van der Waals surface area contributed by atoms with Gasteiger partial charge in [-0.2, -0.15) is 0 Å². The van der Waals surface area contributed by atoms with Crippen molar-refractivity contribution in [1.82, 2.24) is 5.32 Å². The minimum atomic E-state index is -0.230. The van der Waals surface area contributed by atoms with Gasteiger partial charge in [0.1, 0.15) is 11.6 Å². The number of hydrogen-bond donors (Lipinski definition) is 1. The van der Waals surface area contributed by atoms with Crippen molar-refractivity contribution >= 4 is 0 Å². The second-order valence-corrected chi connectivity index (χ2v) is 4.94. The number of benzene rings is 2. The van der Waals surface area contributed by atoms with Crippen molar-refractivity contribution in [2.45, 2.75) is 19.9 Å². The Labute approximate surface area is 119 Å². The standard InChI is InChI=1S/C17H20FNO/c1-11-9-12(2)16(15(10-11)20-4)17(19-3)13-7-5-6-8-14(13)18/h5-10,17,19H,1-4H3. The maximum atomic E-state index is 14.1. The summed E-state index contributed by atoms with van der Waals surface area (Å²) in [5, 5.41) is 3.19. The Hall–Kier alpha value is -1.87. The Kier molecular flexibility index (Phi) is 4.40. The fourth-order valence-electron chi connectivity index (χ4n) is 2.64. The molecule has 0 radical (unpaired) electrons. The van der Waals surface area contributed by atoms with Crippen LogP contribution in [0, 0.1) is 19.7 Å². The molecule has 2 aromatic rings. The van der Waals surface area contributed by atoms with Gasteiger partial charge in [-0.25, -0.2) is 4.39 Å². The van der Waals surface area contributed by atoms with Crippen LogP contribution in [0.3, 0.4) is 0 Å². The summed E-state index contributed by atoms with van der Waals surface area (Å²) in [4.78, 5) is 0. The van der Waals surface area contributed by atoms with Gasteiger partial charge >= 0.3 is 0 Å². The molecule has 1 atom stereocenters. The molecule has 0 heterocycles. The summed E-state index contributed by atoms with van der Waals surface area (Å²) >= 11 is 0. The molecular formula is C17H20FNO. The van der Waals surface area contributed by atoms with E-state index in [1.165, 1.54) is 6.07 Å². The summed E-state index contributed by atoms with van der Waals surface area (Å²) < 4.78 is 19.6. The van der Waals surface area contributed by atoms with E-state index in [9.17, 15) is 4.39 Å². The predicted molar refractivity (Wildman–Crippen MR) is 79.8 cm³/mol. The average molecular weight is 273 g/mol. The molecule has 0 saturated heterocycles. The highest BCUT2D eigenvalue weighted by atomic mass is 19.1. The molecule has 0 aromatic heterocycles. The molecule has 0 bridgehead atoms. The first-order valence-corrected chi connectivity index (χ1v) is 6.65. The van der Waals surface area contributed by atoms with E-state index in [0.717, 1.165) is 22.4 Å². The van der Waals surface area contributed by atoms with Crippen LogP contribution in [0.5, 0.6) is 5.75 Å². The van der Waals surface area contributed by atoms with Gasteiger partial charge in [0.25, 0.3) is 0 Å². The van der Waals surface area contributed by atoms with Gasteiger partial charge in [0.2, 0.25) is 0 Å². The lowest BCUT2D eigenvalue weighted by Gasteiger charge is -2.23. The summed E-state index contributed by atoms with van der Waals surface area (Å²) in [7, 11) is 3.47. The molecule has 0 spiro atoms. The Morgan fingerprint density at radius 3 is 2.45 bits per heavy atom. The van der Waals surface area contributed by atoms with E-state index in [1.54, 1.807) is 19.2 Å². The highest BCUT2D eigenvalue weighted by Crippen LogP contribution is 2.34. The lowest BCUT2D eigenvalue weighted by atomic mass is 9.92. The van der Waals surface area contributed by atoms with Gasteiger partial charge in [-0.3, -0.25) is 0 Å². The van der Waals surface area contributed by atoms with Crippen LogP contribution in [0.1, 0.15) is 28.3 Å². The average Bonchev–Trinajstić information content (AvgIpc) is 2.43. The molecule has 1 unspecified atom stereocenters. The number of ether oxygens (including phenoxy) is 1. The largest absolute Gasteiger partial charge is 0.496 e. The number of methoxy groups -OCH3 is 1. The van der Waals surface area contributed by atoms with Crippen molar-refractivity contribution in [2.24, 2.45) is 0 Å². The number of rotatable bonds is 4. The Bertz CT molecular complexity index is 610. The third-order valence-corrected chi connectivity index (χ3v) is 3.51. The summed E-state index contributed by atoms with van der Waals surface area (Å²) in [6.07, 6.45) is 0. The Morgan fingerprint density at radius 2 is 1.85 bits per heavy atom. The van der Waals surface area contributed by atoms with Crippen LogP contribution in [-0.4, -0.2) is 14.2 Å². The van der Waals surface area contributed by atoms with Gasteiger partial charge in [-0.15, -0.1) is 0 Å². The third kappa shape index (κ3) is 2.68. The lowest BCUT2D eigenvalue weighted by molar-refractivity contribution is 0.403. The van der Waals surface area contributed by atoms with Crippen molar-refractivity contribution in [3.8, 4) is 5.75 Å². The first-order chi connectivity index (χ1) is 9.58. The molecule has 3 heteroatoms. The summed E-state index contributed by atoms with van der Waals surface area (Å²) in [5.74, 6) is 0.569. The topological polar surface area (TPSA) is 21.3 Å². The van der Waals surface area contributed by atoms with Gasteiger partial charge in [-0.1, -0.05) is 24.3 Å². The number of aryl methyl sites for hydroxylation is 2. The Morgan fingerprint density at radius 1 is 1.15 bits per heavy atom. The fraction of sp³-hybridized carbons (Fsp3) is 0.294. The molecule has 0 aliphatic rings. The van der Waals surface area contributed by atoms with E-state index in [0.29, 0.717) is 5.56 Å². The van der Waals surface area contributed by atoms with Crippen LogP contribution in [0.15, 0.2) is 36.4 Å². The van der Waals surface area contributed by atoms with Crippen molar-refractivity contribution in [2.75, 3.05) is 14.2 Å². The van der Waals surface area contributed by atoms with E-state index < -0.39 is 0 Å². The van der Waals surface area contributed by atoms with Crippen molar-refractivity contribution in [1.29, 1.82) is 0 Å². The van der Waals surface area contributed by atoms with Crippen LogP contribution < -0.4 is 10.1 Å². The van der Waals surface area contributed by atoms with Crippen LogP contribution >= 0.6 is 0 Å². The molecule has 106 valence electrons. The van der Waals surface area contributed by atoms with Gasteiger partial charge in [0.15, 0.2) is 0 Å². The molecule has 20 heavy (non-hydrogen) atoms. The SMILES string of the molecule is CNC(c1ccccc1F)c1c(C)cc(C)cc1OC. The van der Waals surface area contributed by atoms with E-state index in [-0.39, 0.29) is 11.9 Å². The first kappa shape index (κ1) is 14.5. The minimum Gasteiger partial charge on any atom is -0.496 e. The molecule has 0 amide bonds. The zero-order valence-electron chi connectivity index (χ0n) is 12.3. The predicted octanol–water partition coefficient (Wildman–Crippen LogP) is 3.76. The molecule has 2 aromatic carbocycles. The zero-order valence-corrected chi connectivity index (χ0v) is 12.3. The Balaban J connectivity index is 2.61. The molecule has 2 rings (SSSR count). The molecule has 0 aliphatic heterocycles. The zero-order chi connectivity index (χ0) is 14.7. The number of hydrogen-bond acceptors (Lipinski definition) is 2. The molecule has 2 nitrogen and oxygen atoms in total. The number of halogens is 1. The van der Waals surface area contributed by atoms with E-state index in [1.807, 2.05) is 33.0 Å². The normalized spacial score (nSPS) is 12.2. The molecule has 0 saturated carbocycles. The van der Waals surface area contributed by atoms with Crippen LogP contribution in [0.25, 0.3) is 0 Å². The van der Waals surface area contributed by atoms with Crippen molar-refractivity contribution in [3.63, 3.8) is 0 Å². The maximum absolute atomic E-state index is 14.1. The van der Waals surface area contributed by atoms with E-state index >= 15 is 0 Å².